The summed E-state index contributed by atoms with van der Waals surface area (Å²) in [6, 6.07) is 8.31. The van der Waals surface area contributed by atoms with E-state index in [-0.39, 0.29) is 17.1 Å². The van der Waals surface area contributed by atoms with Gasteiger partial charge in [-0.3, -0.25) is 14.5 Å². The topological polar surface area (TPSA) is 71.6 Å². The first-order valence-corrected chi connectivity index (χ1v) is 9.70. The molecule has 1 aliphatic rings. The van der Waals surface area contributed by atoms with E-state index in [9.17, 15) is 9.59 Å². The lowest BCUT2D eigenvalue weighted by Gasteiger charge is -2.34. The van der Waals surface area contributed by atoms with Crippen molar-refractivity contribution in [3.05, 3.63) is 64.5 Å². The highest BCUT2D eigenvalue weighted by Crippen LogP contribution is 2.14. The maximum Gasteiger partial charge on any atom is 0.289 e. The second-order valence-corrected chi connectivity index (χ2v) is 7.00. The van der Waals surface area contributed by atoms with Gasteiger partial charge in [0.25, 0.3) is 5.91 Å². The van der Waals surface area contributed by atoms with Crippen LogP contribution in [0.25, 0.3) is 11.0 Å². The number of imidazole rings is 1. The van der Waals surface area contributed by atoms with Crippen molar-refractivity contribution >= 4 is 16.9 Å². The number of nitrogens with zero attached hydrogens (tertiary/aromatic N) is 4. The van der Waals surface area contributed by atoms with E-state index < -0.39 is 0 Å². The molecular formula is C21H24N4O3. The van der Waals surface area contributed by atoms with Gasteiger partial charge in [-0.2, -0.15) is 0 Å². The number of carbonyl (C=O) groups is 1. The van der Waals surface area contributed by atoms with Crippen LogP contribution in [-0.4, -0.2) is 58.0 Å². The van der Waals surface area contributed by atoms with E-state index in [0.29, 0.717) is 24.1 Å². The summed E-state index contributed by atoms with van der Waals surface area (Å²) in [5.41, 5.74) is 0.264. The number of amides is 1. The zero-order valence-electron chi connectivity index (χ0n) is 16.0. The third-order valence-electron chi connectivity index (χ3n) is 5.28. The lowest BCUT2D eigenvalue weighted by molar-refractivity contribution is 0.0603. The first-order chi connectivity index (χ1) is 13.7. The highest BCUT2D eigenvalue weighted by atomic mass is 16.3. The normalized spacial score (nSPS) is 15.2. The monoisotopic (exact) mass is 380 g/mol. The molecule has 1 amide bonds. The molecule has 0 bridgehead atoms. The number of carbonyl (C=O) groups excluding carboxylic acids is 1. The van der Waals surface area contributed by atoms with E-state index in [1.54, 1.807) is 29.2 Å². The van der Waals surface area contributed by atoms with Gasteiger partial charge in [-0.25, -0.2) is 4.98 Å². The Morgan fingerprint density at radius 1 is 1.14 bits per heavy atom. The Labute approximate surface area is 163 Å². The second-order valence-electron chi connectivity index (χ2n) is 7.00. The lowest BCUT2D eigenvalue weighted by atomic mass is 10.2. The summed E-state index contributed by atoms with van der Waals surface area (Å²) in [7, 11) is 0. The van der Waals surface area contributed by atoms with Crippen LogP contribution in [0.3, 0.4) is 0 Å². The molecule has 0 N–H and O–H groups in total. The van der Waals surface area contributed by atoms with Crippen molar-refractivity contribution in [2.24, 2.45) is 0 Å². The molecule has 0 spiro atoms. The number of hydrogen-bond donors (Lipinski definition) is 0. The quantitative estimate of drug-likeness (QED) is 0.677. The third-order valence-corrected chi connectivity index (χ3v) is 5.28. The van der Waals surface area contributed by atoms with E-state index in [1.807, 2.05) is 12.4 Å². The van der Waals surface area contributed by atoms with Crippen LogP contribution >= 0.6 is 0 Å². The largest absolute Gasteiger partial charge is 0.451 e. The number of fused-ring (bicyclic) bond motifs is 1. The van der Waals surface area contributed by atoms with Crippen LogP contribution in [0.5, 0.6) is 0 Å². The molecule has 0 aliphatic carbocycles. The summed E-state index contributed by atoms with van der Waals surface area (Å²) in [6.45, 7) is 6.79. The van der Waals surface area contributed by atoms with Crippen molar-refractivity contribution in [2.45, 2.75) is 19.9 Å². The van der Waals surface area contributed by atoms with Crippen molar-refractivity contribution in [3.63, 3.8) is 0 Å². The summed E-state index contributed by atoms with van der Waals surface area (Å²) in [4.78, 5) is 33.5. The zero-order chi connectivity index (χ0) is 19.5. The Bertz CT molecular complexity index is 1030. The molecule has 0 radical (unpaired) electrons. The summed E-state index contributed by atoms with van der Waals surface area (Å²) in [6.07, 6.45) is 4.78. The standard InChI is InChI=1S/C21H24N4O3/c1-2-20-22-7-8-24(20)12-9-23-10-13-25(14-11-23)21(27)19-15-17(26)16-5-3-4-6-18(16)28-19/h3-8,15H,2,9-14H2,1H3. The van der Waals surface area contributed by atoms with Crippen LogP contribution in [0, 0.1) is 0 Å². The van der Waals surface area contributed by atoms with Crippen LogP contribution in [0.1, 0.15) is 23.3 Å². The summed E-state index contributed by atoms with van der Waals surface area (Å²) >= 11 is 0. The van der Waals surface area contributed by atoms with Gasteiger partial charge in [0.15, 0.2) is 11.2 Å². The molecule has 1 fully saturated rings. The van der Waals surface area contributed by atoms with Crippen molar-refractivity contribution < 1.29 is 9.21 Å². The van der Waals surface area contributed by atoms with Gasteiger partial charge >= 0.3 is 0 Å². The van der Waals surface area contributed by atoms with Crippen molar-refractivity contribution in [1.82, 2.24) is 19.4 Å². The molecule has 3 heterocycles. The molecule has 1 saturated heterocycles. The molecule has 7 heteroatoms. The number of piperazine rings is 1. The molecule has 4 rings (SSSR count). The molecule has 0 saturated carbocycles. The van der Waals surface area contributed by atoms with E-state index in [2.05, 4.69) is 21.4 Å². The van der Waals surface area contributed by atoms with Crippen molar-refractivity contribution in [1.29, 1.82) is 0 Å². The highest BCUT2D eigenvalue weighted by Gasteiger charge is 2.24. The van der Waals surface area contributed by atoms with Gasteiger partial charge in [0.05, 0.1) is 5.39 Å². The van der Waals surface area contributed by atoms with Crippen LogP contribution < -0.4 is 5.43 Å². The molecular weight excluding hydrogens is 356 g/mol. The fourth-order valence-corrected chi connectivity index (χ4v) is 3.65. The van der Waals surface area contributed by atoms with Gasteiger partial charge < -0.3 is 13.9 Å². The van der Waals surface area contributed by atoms with Crippen LogP contribution in [-0.2, 0) is 13.0 Å². The minimum absolute atomic E-state index is 0.114. The Morgan fingerprint density at radius 3 is 2.71 bits per heavy atom. The minimum Gasteiger partial charge on any atom is -0.451 e. The zero-order valence-corrected chi connectivity index (χ0v) is 16.0. The fourth-order valence-electron chi connectivity index (χ4n) is 3.65. The molecule has 1 aliphatic heterocycles. The molecule has 7 nitrogen and oxygen atoms in total. The number of rotatable bonds is 5. The molecule has 0 unspecified atom stereocenters. The van der Waals surface area contributed by atoms with E-state index in [0.717, 1.165) is 38.4 Å². The summed E-state index contributed by atoms with van der Waals surface area (Å²) in [5.74, 6) is 0.994. The third kappa shape index (κ3) is 3.71. The summed E-state index contributed by atoms with van der Waals surface area (Å²) in [5, 5.41) is 0.495. The van der Waals surface area contributed by atoms with Crippen molar-refractivity contribution in [3.8, 4) is 0 Å². The van der Waals surface area contributed by atoms with Gasteiger partial charge in [-0.15, -0.1) is 0 Å². The Hall–Kier alpha value is -2.93. The SMILES string of the molecule is CCc1nccn1CCN1CCN(C(=O)c2cc(=O)c3ccccc3o2)CC1. The smallest absolute Gasteiger partial charge is 0.289 e. The highest BCUT2D eigenvalue weighted by molar-refractivity contribution is 5.93. The first-order valence-electron chi connectivity index (χ1n) is 9.70. The van der Waals surface area contributed by atoms with E-state index in [1.165, 1.54) is 6.07 Å². The van der Waals surface area contributed by atoms with Gasteiger partial charge in [0.1, 0.15) is 11.4 Å². The second kappa shape index (κ2) is 7.98. The average molecular weight is 380 g/mol. The predicted molar refractivity (Wildman–Crippen MR) is 106 cm³/mol. The number of benzene rings is 1. The minimum atomic E-state index is -0.217. The molecule has 2 aromatic heterocycles. The van der Waals surface area contributed by atoms with Crippen LogP contribution in [0.15, 0.2) is 51.9 Å². The number of aryl methyl sites for hydroxylation is 1. The molecule has 28 heavy (non-hydrogen) atoms. The maximum absolute atomic E-state index is 12.8. The number of aromatic nitrogens is 2. The van der Waals surface area contributed by atoms with E-state index >= 15 is 0 Å². The predicted octanol–water partition coefficient (Wildman–Crippen LogP) is 2.01. The molecule has 146 valence electrons. The Morgan fingerprint density at radius 2 is 1.93 bits per heavy atom. The summed E-state index contributed by atoms with van der Waals surface area (Å²) < 4.78 is 7.87. The lowest BCUT2D eigenvalue weighted by Crippen LogP contribution is -2.49. The first kappa shape index (κ1) is 18.4. The van der Waals surface area contributed by atoms with Gasteiger partial charge in [0, 0.05) is 64.1 Å². The van der Waals surface area contributed by atoms with Gasteiger partial charge in [-0.1, -0.05) is 19.1 Å². The van der Waals surface area contributed by atoms with Crippen molar-refractivity contribution in [2.75, 3.05) is 32.7 Å². The molecule has 0 atom stereocenters. The Kier molecular flexibility index (Phi) is 5.25. The number of hydrogen-bond acceptors (Lipinski definition) is 5. The Balaban J connectivity index is 1.37. The molecule has 1 aromatic carbocycles. The van der Waals surface area contributed by atoms with Crippen LogP contribution in [0.2, 0.25) is 0 Å². The van der Waals surface area contributed by atoms with Gasteiger partial charge in [0.2, 0.25) is 0 Å². The molecule has 3 aromatic rings. The van der Waals surface area contributed by atoms with Crippen LogP contribution in [0.4, 0.5) is 0 Å². The average Bonchev–Trinajstić information content (AvgIpc) is 3.20. The number of para-hydroxylation sites is 1. The fraction of sp³-hybridized carbons (Fsp3) is 0.381. The van der Waals surface area contributed by atoms with Gasteiger partial charge in [-0.05, 0) is 12.1 Å². The maximum atomic E-state index is 12.8. The van der Waals surface area contributed by atoms with E-state index in [4.69, 9.17) is 4.42 Å².